The quantitative estimate of drug-likeness (QED) is 0.584. The van der Waals surface area contributed by atoms with Crippen LogP contribution in [0, 0.1) is 0 Å². The zero-order chi connectivity index (χ0) is 23.9. The van der Waals surface area contributed by atoms with E-state index in [9.17, 15) is 13.2 Å². The van der Waals surface area contributed by atoms with Crippen LogP contribution in [0.4, 0.5) is 0 Å². The summed E-state index contributed by atoms with van der Waals surface area (Å²) in [5, 5.41) is 4.34. The van der Waals surface area contributed by atoms with Gasteiger partial charge in [0.05, 0.1) is 16.0 Å². The molecule has 0 spiro atoms. The van der Waals surface area contributed by atoms with E-state index in [0.717, 1.165) is 60.1 Å². The first-order valence-corrected chi connectivity index (χ1v) is 13.3. The fourth-order valence-electron chi connectivity index (χ4n) is 4.72. The highest BCUT2D eigenvalue weighted by atomic mass is 35.5. The van der Waals surface area contributed by atoms with Crippen LogP contribution >= 0.6 is 11.6 Å². The Morgan fingerprint density at radius 3 is 2.53 bits per heavy atom. The molecule has 1 N–H and O–H groups in total. The molecule has 3 aromatic rings. The highest BCUT2D eigenvalue weighted by Crippen LogP contribution is 2.31. The normalized spacial score (nSPS) is 17.1. The Morgan fingerprint density at radius 1 is 1.06 bits per heavy atom. The molecule has 0 atom stereocenters. The Labute approximate surface area is 204 Å². The molecule has 0 unspecified atom stereocenters. The van der Waals surface area contributed by atoms with Crippen molar-refractivity contribution >= 4 is 38.4 Å². The minimum absolute atomic E-state index is 0.165. The van der Waals surface area contributed by atoms with Crippen molar-refractivity contribution in [3.63, 3.8) is 0 Å². The Bertz CT molecular complexity index is 1350. The summed E-state index contributed by atoms with van der Waals surface area (Å²) in [5.74, 6) is -0.165. The lowest BCUT2D eigenvalue weighted by Crippen LogP contribution is -2.47. The topological polar surface area (TPSA) is 82.6 Å². The monoisotopic (exact) mass is 498 g/mol. The molecule has 7 nitrogen and oxygen atoms in total. The van der Waals surface area contributed by atoms with Gasteiger partial charge in [-0.3, -0.25) is 9.78 Å². The molecule has 1 fully saturated rings. The number of carbonyl (C=O) groups excluding carboxylic acids is 1. The average Bonchev–Trinajstić information content (AvgIpc) is 3.29. The predicted octanol–water partition coefficient (Wildman–Crippen LogP) is 3.24. The number of aromatic nitrogens is 1. The second-order valence-corrected chi connectivity index (χ2v) is 11.3. The summed E-state index contributed by atoms with van der Waals surface area (Å²) < 4.78 is 27.4. The number of pyridine rings is 1. The molecule has 0 saturated carbocycles. The first-order chi connectivity index (χ1) is 16.3. The van der Waals surface area contributed by atoms with Crippen molar-refractivity contribution in [3.05, 3.63) is 69.9 Å². The number of benzene rings is 2. The Balaban J connectivity index is 1.33. The van der Waals surface area contributed by atoms with Gasteiger partial charge in [-0.25, -0.2) is 8.42 Å². The summed E-state index contributed by atoms with van der Waals surface area (Å²) in [5.41, 5.74) is 4.24. The van der Waals surface area contributed by atoms with Crippen molar-refractivity contribution in [1.82, 2.24) is 19.5 Å². The molecule has 1 aliphatic carbocycles. The molecule has 178 valence electrons. The minimum Gasteiger partial charge on any atom is -0.348 e. The molecule has 0 bridgehead atoms. The number of carbonyl (C=O) groups is 1. The van der Waals surface area contributed by atoms with Crippen molar-refractivity contribution in [2.45, 2.75) is 30.7 Å². The van der Waals surface area contributed by atoms with Gasteiger partial charge in [-0.1, -0.05) is 23.7 Å². The number of rotatable bonds is 5. The van der Waals surface area contributed by atoms with Gasteiger partial charge >= 0.3 is 0 Å². The van der Waals surface area contributed by atoms with Crippen molar-refractivity contribution in [2.24, 2.45) is 0 Å². The average molecular weight is 499 g/mol. The lowest BCUT2D eigenvalue weighted by atomic mass is 10.0. The fraction of sp³-hybridized carbons (Fsp3) is 0.360. The molecule has 1 aromatic heterocycles. The van der Waals surface area contributed by atoms with Crippen LogP contribution in [0.25, 0.3) is 10.9 Å². The van der Waals surface area contributed by atoms with E-state index in [2.05, 4.69) is 10.2 Å². The van der Waals surface area contributed by atoms with Crippen molar-refractivity contribution < 1.29 is 13.2 Å². The van der Waals surface area contributed by atoms with E-state index in [1.807, 2.05) is 13.1 Å². The van der Waals surface area contributed by atoms with Gasteiger partial charge in [-0.05, 0) is 67.8 Å². The largest absolute Gasteiger partial charge is 0.348 e. The van der Waals surface area contributed by atoms with E-state index in [1.54, 1.807) is 36.4 Å². The van der Waals surface area contributed by atoms with Gasteiger partial charge in [-0.15, -0.1) is 0 Å². The van der Waals surface area contributed by atoms with Crippen molar-refractivity contribution in [2.75, 3.05) is 33.2 Å². The summed E-state index contributed by atoms with van der Waals surface area (Å²) in [6.07, 6.45) is 2.68. The lowest BCUT2D eigenvalue weighted by molar-refractivity contribution is 0.0951. The number of sulfonamides is 1. The molecule has 0 radical (unpaired) electrons. The second-order valence-electron chi connectivity index (χ2n) is 8.96. The van der Waals surface area contributed by atoms with Gasteiger partial charge < -0.3 is 10.2 Å². The van der Waals surface area contributed by atoms with Crippen LogP contribution in [0.15, 0.2) is 47.4 Å². The summed E-state index contributed by atoms with van der Waals surface area (Å²) in [6, 6.07) is 12.2. The van der Waals surface area contributed by atoms with Crippen LogP contribution in [-0.4, -0.2) is 61.7 Å². The van der Waals surface area contributed by atoms with E-state index in [0.29, 0.717) is 30.2 Å². The third-order valence-corrected chi connectivity index (χ3v) is 8.83. The van der Waals surface area contributed by atoms with E-state index >= 15 is 0 Å². The van der Waals surface area contributed by atoms with Gasteiger partial charge in [0.2, 0.25) is 10.0 Å². The van der Waals surface area contributed by atoms with Crippen molar-refractivity contribution in [1.29, 1.82) is 0 Å². The fourth-order valence-corrected chi connectivity index (χ4v) is 6.32. The van der Waals surface area contributed by atoms with Crippen LogP contribution in [-0.2, 0) is 29.4 Å². The third kappa shape index (κ3) is 4.43. The predicted molar refractivity (Wildman–Crippen MR) is 133 cm³/mol. The number of aryl methyl sites for hydroxylation is 1. The molecule has 34 heavy (non-hydrogen) atoms. The maximum absolute atomic E-state index is 13.3. The first-order valence-electron chi connectivity index (χ1n) is 11.5. The number of hydrogen-bond donors (Lipinski definition) is 1. The Hall–Kier alpha value is -2.52. The Morgan fingerprint density at radius 2 is 1.79 bits per heavy atom. The standard InChI is InChI=1S/C25H27ClN4O3S/c1-29-11-13-30(14-12-29)34(32,33)19-8-5-17(6-9-19)16-27-25(31)24-20-3-2-4-22(20)28-23-10-7-18(26)15-21(23)24/h5-10,15H,2-4,11-14,16H2,1H3,(H,27,31). The van der Waals surface area contributed by atoms with E-state index in [1.165, 1.54) is 4.31 Å². The smallest absolute Gasteiger partial charge is 0.252 e. The molecule has 1 aliphatic heterocycles. The van der Waals surface area contributed by atoms with E-state index < -0.39 is 10.0 Å². The summed E-state index contributed by atoms with van der Waals surface area (Å²) in [4.78, 5) is 20.4. The molecule has 1 saturated heterocycles. The van der Waals surface area contributed by atoms with Crippen LogP contribution in [0.5, 0.6) is 0 Å². The van der Waals surface area contributed by atoms with Gasteiger partial charge in [0.1, 0.15) is 0 Å². The van der Waals surface area contributed by atoms with E-state index in [4.69, 9.17) is 16.6 Å². The first kappa shape index (κ1) is 23.2. The number of fused-ring (bicyclic) bond motifs is 2. The number of nitrogens with one attached hydrogen (secondary N) is 1. The van der Waals surface area contributed by atoms with Crippen LogP contribution in [0.2, 0.25) is 5.02 Å². The van der Waals surface area contributed by atoms with Gasteiger partial charge in [0, 0.05) is 48.8 Å². The highest BCUT2D eigenvalue weighted by Gasteiger charge is 2.27. The maximum Gasteiger partial charge on any atom is 0.252 e. The number of amides is 1. The van der Waals surface area contributed by atoms with Crippen LogP contribution < -0.4 is 5.32 Å². The zero-order valence-corrected chi connectivity index (χ0v) is 20.6. The van der Waals surface area contributed by atoms with E-state index in [-0.39, 0.29) is 10.8 Å². The molecule has 2 aromatic carbocycles. The van der Waals surface area contributed by atoms with Crippen LogP contribution in [0.3, 0.4) is 0 Å². The maximum atomic E-state index is 13.3. The lowest BCUT2D eigenvalue weighted by Gasteiger charge is -2.31. The molecular weight excluding hydrogens is 472 g/mol. The number of likely N-dealkylation sites (N-methyl/N-ethyl adjacent to an activating group) is 1. The summed E-state index contributed by atoms with van der Waals surface area (Å²) in [7, 11) is -1.52. The zero-order valence-electron chi connectivity index (χ0n) is 19.1. The van der Waals surface area contributed by atoms with Gasteiger partial charge in [-0.2, -0.15) is 4.31 Å². The highest BCUT2D eigenvalue weighted by molar-refractivity contribution is 7.89. The molecule has 2 heterocycles. The number of halogens is 1. The third-order valence-electron chi connectivity index (χ3n) is 6.68. The summed E-state index contributed by atoms with van der Waals surface area (Å²) >= 11 is 6.22. The number of nitrogens with zero attached hydrogens (tertiary/aromatic N) is 3. The van der Waals surface area contributed by atoms with Gasteiger partial charge in [0.15, 0.2) is 0 Å². The molecule has 9 heteroatoms. The second kappa shape index (κ2) is 9.26. The van der Waals surface area contributed by atoms with Gasteiger partial charge in [0.25, 0.3) is 5.91 Å². The van der Waals surface area contributed by atoms with Crippen LogP contribution in [0.1, 0.15) is 33.6 Å². The Kier molecular flexibility index (Phi) is 6.33. The molecule has 5 rings (SSSR count). The SMILES string of the molecule is CN1CCN(S(=O)(=O)c2ccc(CNC(=O)c3c4c(nc5ccc(Cl)cc35)CCC4)cc2)CC1. The number of hydrogen-bond acceptors (Lipinski definition) is 5. The molecular formula is C25H27ClN4O3S. The minimum atomic E-state index is -3.51. The number of piperazine rings is 1. The molecule has 2 aliphatic rings. The van der Waals surface area contributed by atoms with Crippen molar-refractivity contribution in [3.8, 4) is 0 Å². The summed E-state index contributed by atoms with van der Waals surface area (Å²) in [6.45, 7) is 2.73. The molecule has 1 amide bonds.